The summed E-state index contributed by atoms with van der Waals surface area (Å²) in [4.78, 5) is 60.3. The molecule has 0 radical (unpaired) electrons. The Morgan fingerprint density at radius 3 is 2.37 bits per heavy atom. The SMILES string of the molecule is CC(C)c1cc2nn(C3CCC(CN(C)C4CCC5(CC4)CCN(C(=O)c4ccc(Cl)c(N6CCC(=O)NC6=O)c4)CC5)CC3)cc2cc1NC(=O)c1cccc(C(F)(F)F)n1. The molecule has 4 heterocycles. The Morgan fingerprint density at radius 1 is 0.968 bits per heavy atom. The molecule has 1 spiro atoms. The smallest absolute Gasteiger partial charge is 0.339 e. The molecule has 16 heteroatoms. The summed E-state index contributed by atoms with van der Waals surface area (Å²) in [6.45, 7) is 6.67. The summed E-state index contributed by atoms with van der Waals surface area (Å²) >= 11 is 6.43. The topological polar surface area (TPSA) is 133 Å². The first-order valence-corrected chi connectivity index (χ1v) is 22.2. The number of amides is 5. The van der Waals surface area contributed by atoms with Crippen LogP contribution in [0.25, 0.3) is 10.9 Å². The number of likely N-dealkylation sites (tertiary alicyclic amines) is 1. The Bertz CT molecular complexity index is 2340. The maximum atomic E-state index is 13.6. The molecule has 8 rings (SSSR count). The lowest BCUT2D eigenvalue weighted by Crippen LogP contribution is -2.49. The van der Waals surface area contributed by atoms with Gasteiger partial charge in [0.25, 0.3) is 11.8 Å². The van der Waals surface area contributed by atoms with Crippen molar-refractivity contribution in [3.05, 3.63) is 82.3 Å². The van der Waals surface area contributed by atoms with Gasteiger partial charge in [-0.15, -0.1) is 0 Å². The fraction of sp³-hybridized carbons (Fsp3) is 0.522. The molecule has 2 aromatic heterocycles. The normalized spacial score (nSPS) is 21.2. The number of hydrogen-bond acceptors (Lipinski definition) is 7. The molecule has 2 saturated heterocycles. The number of benzene rings is 2. The van der Waals surface area contributed by atoms with Crippen LogP contribution in [0, 0.1) is 11.3 Å². The van der Waals surface area contributed by atoms with Crippen LogP contribution in [0.3, 0.4) is 0 Å². The van der Waals surface area contributed by atoms with Gasteiger partial charge in [-0.05, 0) is 137 Å². The Kier molecular flexibility index (Phi) is 12.4. The number of rotatable bonds is 9. The molecule has 2 aliphatic heterocycles. The summed E-state index contributed by atoms with van der Waals surface area (Å²) in [5.41, 5.74) is 1.96. The Morgan fingerprint density at radius 2 is 1.69 bits per heavy atom. The van der Waals surface area contributed by atoms with E-state index in [1.807, 2.05) is 37.1 Å². The van der Waals surface area contributed by atoms with Gasteiger partial charge in [-0.1, -0.05) is 31.5 Å². The molecule has 4 aromatic rings. The van der Waals surface area contributed by atoms with Crippen LogP contribution in [-0.4, -0.2) is 87.6 Å². The maximum Gasteiger partial charge on any atom is 0.433 e. The minimum absolute atomic E-state index is 0.0324. The molecular weight excluding hydrogens is 821 g/mol. The second-order valence-electron chi connectivity index (χ2n) is 18.2. The minimum atomic E-state index is -4.65. The lowest BCUT2D eigenvalue weighted by atomic mass is 9.66. The van der Waals surface area contributed by atoms with Crippen molar-refractivity contribution in [2.75, 3.05) is 43.4 Å². The van der Waals surface area contributed by atoms with Crippen molar-refractivity contribution in [3.8, 4) is 0 Å². The minimum Gasteiger partial charge on any atom is -0.339 e. The summed E-state index contributed by atoms with van der Waals surface area (Å²) in [5, 5.41) is 11.3. The van der Waals surface area contributed by atoms with Crippen LogP contribution in [0.15, 0.2) is 54.7 Å². The number of carbonyl (C=O) groups excluding carboxylic acids is 4. The van der Waals surface area contributed by atoms with Crippen LogP contribution in [0.2, 0.25) is 5.02 Å². The van der Waals surface area contributed by atoms with Crippen LogP contribution in [0.1, 0.15) is 129 Å². The van der Waals surface area contributed by atoms with E-state index >= 15 is 0 Å². The summed E-state index contributed by atoms with van der Waals surface area (Å²) in [5.74, 6) is -0.458. The highest BCUT2D eigenvalue weighted by atomic mass is 35.5. The molecule has 4 aliphatic rings. The van der Waals surface area contributed by atoms with E-state index in [1.165, 1.54) is 17.0 Å². The number of aromatic nitrogens is 3. The first-order valence-electron chi connectivity index (χ1n) is 21.8. The van der Waals surface area contributed by atoms with Gasteiger partial charge in [-0.25, -0.2) is 9.78 Å². The zero-order valence-electron chi connectivity index (χ0n) is 35.4. The van der Waals surface area contributed by atoms with Crippen LogP contribution in [0.5, 0.6) is 0 Å². The lowest BCUT2D eigenvalue weighted by Gasteiger charge is -2.47. The van der Waals surface area contributed by atoms with Crippen molar-refractivity contribution >= 4 is 57.6 Å². The van der Waals surface area contributed by atoms with E-state index in [4.69, 9.17) is 16.7 Å². The number of imide groups is 1. The van der Waals surface area contributed by atoms with E-state index in [1.54, 1.807) is 18.2 Å². The number of alkyl halides is 3. The lowest BCUT2D eigenvalue weighted by molar-refractivity contribution is -0.141. The van der Waals surface area contributed by atoms with E-state index in [9.17, 15) is 32.3 Å². The monoisotopic (exact) mass is 874 g/mol. The molecule has 4 fully saturated rings. The van der Waals surface area contributed by atoms with Gasteiger partial charge >= 0.3 is 12.2 Å². The molecule has 5 amide bonds. The van der Waals surface area contributed by atoms with Crippen molar-refractivity contribution < 1.29 is 32.3 Å². The molecule has 2 aromatic carbocycles. The first-order chi connectivity index (χ1) is 29.6. The molecular formula is C46H54ClF3N8O4. The van der Waals surface area contributed by atoms with Gasteiger partial charge in [-0.2, -0.15) is 18.3 Å². The number of pyridine rings is 1. The number of hydrogen-bond donors (Lipinski definition) is 2. The Hall–Kier alpha value is -5.02. The molecule has 0 atom stereocenters. The predicted octanol–water partition coefficient (Wildman–Crippen LogP) is 9.45. The van der Waals surface area contributed by atoms with Crippen molar-refractivity contribution in [1.82, 2.24) is 29.9 Å². The average molecular weight is 875 g/mol. The summed E-state index contributed by atoms with van der Waals surface area (Å²) in [6.07, 6.45) is 8.36. The largest absolute Gasteiger partial charge is 0.433 e. The van der Waals surface area contributed by atoms with E-state index < -0.39 is 23.8 Å². The van der Waals surface area contributed by atoms with Crippen LogP contribution in [-0.2, 0) is 11.0 Å². The van der Waals surface area contributed by atoms with Gasteiger partial charge in [-0.3, -0.25) is 29.3 Å². The zero-order chi connectivity index (χ0) is 43.9. The number of urea groups is 1. The molecule has 2 aliphatic carbocycles. The number of piperidine rings is 1. The van der Waals surface area contributed by atoms with Gasteiger partial charge in [0.2, 0.25) is 5.91 Å². The van der Waals surface area contributed by atoms with E-state index in [2.05, 4.69) is 32.2 Å². The summed E-state index contributed by atoms with van der Waals surface area (Å²) in [6, 6.07) is 12.4. The highest BCUT2D eigenvalue weighted by Crippen LogP contribution is 2.46. The maximum absolute atomic E-state index is 13.6. The van der Waals surface area contributed by atoms with Crippen molar-refractivity contribution in [2.45, 2.75) is 109 Å². The highest BCUT2D eigenvalue weighted by Gasteiger charge is 2.41. The fourth-order valence-corrected chi connectivity index (χ4v) is 10.3. The van der Waals surface area contributed by atoms with Crippen LogP contribution >= 0.6 is 11.6 Å². The van der Waals surface area contributed by atoms with E-state index in [-0.39, 0.29) is 47.8 Å². The van der Waals surface area contributed by atoms with Gasteiger partial charge in [0.15, 0.2) is 0 Å². The zero-order valence-corrected chi connectivity index (χ0v) is 36.2. The number of halogens is 4. The van der Waals surface area contributed by atoms with Gasteiger partial charge < -0.3 is 15.1 Å². The molecule has 0 unspecified atom stereocenters. The fourth-order valence-electron chi connectivity index (χ4n) is 10.1. The van der Waals surface area contributed by atoms with Crippen molar-refractivity contribution in [1.29, 1.82) is 0 Å². The quantitative estimate of drug-likeness (QED) is 0.171. The molecule has 2 saturated carbocycles. The van der Waals surface area contributed by atoms with Gasteiger partial charge in [0.05, 0.1) is 22.3 Å². The number of fused-ring (bicyclic) bond motifs is 1. The number of carbonyl (C=O) groups is 4. The average Bonchev–Trinajstić information content (AvgIpc) is 3.67. The summed E-state index contributed by atoms with van der Waals surface area (Å²) < 4.78 is 41.8. The second-order valence-corrected chi connectivity index (χ2v) is 18.6. The molecule has 62 heavy (non-hydrogen) atoms. The third-order valence-electron chi connectivity index (χ3n) is 13.9. The number of anilines is 2. The molecule has 2 N–H and O–H groups in total. The number of nitrogens with zero attached hydrogens (tertiary/aromatic N) is 6. The Balaban J connectivity index is 0.810. The van der Waals surface area contributed by atoms with E-state index in [0.717, 1.165) is 93.3 Å². The van der Waals surface area contributed by atoms with Gasteiger partial charge in [0, 0.05) is 61.5 Å². The van der Waals surface area contributed by atoms with E-state index in [0.29, 0.717) is 47.0 Å². The number of nitrogens with one attached hydrogen (secondary N) is 2. The second kappa shape index (κ2) is 17.6. The van der Waals surface area contributed by atoms with Crippen molar-refractivity contribution in [3.63, 3.8) is 0 Å². The van der Waals surface area contributed by atoms with Crippen LogP contribution < -0.4 is 15.5 Å². The van der Waals surface area contributed by atoms with Gasteiger partial charge in [0.1, 0.15) is 11.4 Å². The molecule has 330 valence electrons. The summed E-state index contributed by atoms with van der Waals surface area (Å²) in [7, 11) is 2.27. The Labute approximate surface area is 364 Å². The first kappa shape index (κ1) is 43.6. The third kappa shape index (κ3) is 9.34. The molecule has 0 bridgehead atoms. The highest BCUT2D eigenvalue weighted by molar-refractivity contribution is 6.34. The van der Waals surface area contributed by atoms with Crippen molar-refractivity contribution in [2.24, 2.45) is 11.3 Å². The molecule has 12 nitrogen and oxygen atoms in total. The standard InChI is InChI=1S/C46H54ClF3N8O4/c1-28(2)34-25-37-31(23-38(34)52-42(60)36-5-4-6-40(51-36)46(48,49)50)27-58(54-37)33-10-7-29(8-11-33)26-55(3)32-13-16-45(17-14-32)18-21-56(22-19-45)43(61)30-9-12-35(47)39(24-30)57-20-15-41(59)53-44(57)62/h4-6,9,12,23-25,27-29,32-33H,7-8,10-11,13-22,26H2,1-3H3,(H,52,60)(H,53,59,62). The third-order valence-corrected chi connectivity index (χ3v) is 14.2. The predicted molar refractivity (Wildman–Crippen MR) is 231 cm³/mol. The van der Waals surface area contributed by atoms with Crippen LogP contribution in [0.4, 0.5) is 29.3 Å².